The van der Waals surface area contributed by atoms with Crippen molar-refractivity contribution in [3.63, 3.8) is 0 Å². The number of hydrogen-bond acceptors (Lipinski definition) is 4. The Kier molecular flexibility index (Phi) is 18.3. The van der Waals surface area contributed by atoms with Gasteiger partial charge in [-0.25, -0.2) is 4.79 Å². The highest BCUT2D eigenvalue weighted by Gasteiger charge is 2.39. The monoisotopic (exact) mass is 674 g/mol. The standard InChI is InChI=1S/C43H79NO4/c1-10-34(6)40-25-20-33(5)28-37(9)35(7)21-18-32(4)27-31(3)16-13-11-12-15-30(2)19-23-38-24-22-36(8)41(47-38)29-42(45)44-26-14-17-39(44)43(46)48-40/h30-41H,10-29H2,1-9H3/t30?,31-,32+,33+,34-,35-,36-,37?,38-,39?,40+,41?/m1/s1. The number of carbonyl (C=O) groups excluding carboxylic acids is 2. The van der Waals surface area contributed by atoms with E-state index in [-0.39, 0.29) is 30.2 Å². The zero-order valence-corrected chi connectivity index (χ0v) is 33.2. The van der Waals surface area contributed by atoms with E-state index in [2.05, 4.69) is 62.3 Å². The quantitative estimate of drug-likeness (QED) is 0.274. The van der Waals surface area contributed by atoms with Crippen molar-refractivity contribution >= 4 is 11.9 Å². The number of nitrogens with zero attached hydrogens (tertiary/aromatic N) is 1. The van der Waals surface area contributed by atoms with E-state index in [0.29, 0.717) is 43.1 Å². The third kappa shape index (κ3) is 13.9. The molecule has 1 amide bonds. The van der Waals surface area contributed by atoms with Gasteiger partial charge in [-0.05, 0) is 112 Å². The van der Waals surface area contributed by atoms with Gasteiger partial charge < -0.3 is 14.4 Å². The Bertz CT molecular complexity index is 922. The van der Waals surface area contributed by atoms with Crippen molar-refractivity contribution in [3.05, 3.63) is 0 Å². The van der Waals surface area contributed by atoms with Crippen LogP contribution in [0.5, 0.6) is 0 Å². The third-order valence-electron chi connectivity index (χ3n) is 13.2. The van der Waals surface area contributed by atoms with Gasteiger partial charge in [0.05, 0.1) is 18.6 Å². The number of carbonyl (C=O) groups is 2. The minimum absolute atomic E-state index is 0.0518. The van der Waals surface area contributed by atoms with Gasteiger partial charge in [-0.15, -0.1) is 0 Å². The molecule has 2 bridgehead atoms. The average molecular weight is 674 g/mol. The van der Waals surface area contributed by atoms with Crippen molar-refractivity contribution in [3.8, 4) is 0 Å². The molecule has 0 radical (unpaired) electrons. The minimum atomic E-state index is -0.445. The van der Waals surface area contributed by atoms with E-state index in [0.717, 1.165) is 68.6 Å². The molecule has 3 rings (SSSR count). The summed E-state index contributed by atoms with van der Waals surface area (Å²) in [6, 6.07) is -0.445. The van der Waals surface area contributed by atoms with Crippen LogP contribution in [0.25, 0.3) is 0 Å². The summed E-state index contributed by atoms with van der Waals surface area (Å²) in [5, 5.41) is 0. The summed E-state index contributed by atoms with van der Waals surface area (Å²) < 4.78 is 12.9. The van der Waals surface area contributed by atoms with Gasteiger partial charge in [-0.1, -0.05) is 114 Å². The third-order valence-corrected chi connectivity index (χ3v) is 13.2. The van der Waals surface area contributed by atoms with Crippen LogP contribution in [0.15, 0.2) is 0 Å². The molecule has 12 atom stereocenters. The van der Waals surface area contributed by atoms with E-state index < -0.39 is 6.04 Å². The lowest BCUT2D eigenvalue weighted by Gasteiger charge is -2.36. The van der Waals surface area contributed by atoms with E-state index >= 15 is 0 Å². The topological polar surface area (TPSA) is 55.8 Å². The summed E-state index contributed by atoms with van der Waals surface area (Å²) in [5.74, 6) is 4.99. The highest BCUT2D eigenvalue weighted by atomic mass is 16.5. The summed E-state index contributed by atoms with van der Waals surface area (Å²) in [5.41, 5.74) is 0. The van der Waals surface area contributed by atoms with Crippen LogP contribution in [0, 0.1) is 47.3 Å². The summed E-state index contributed by atoms with van der Waals surface area (Å²) in [6.07, 6.45) is 21.6. The second-order valence-electron chi connectivity index (χ2n) is 17.9. The first kappa shape index (κ1) is 41.3. The fourth-order valence-corrected chi connectivity index (χ4v) is 9.06. The molecule has 3 heterocycles. The van der Waals surface area contributed by atoms with E-state index in [1.165, 1.54) is 64.2 Å². The molecular weight excluding hydrogens is 594 g/mol. The second-order valence-corrected chi connectivity index (χ2v) is 17.9. The number of ether oxygens (including phenoxy) is 2. The van der Waals surface area contributed by atoms with E-state index in [4.69, 9.17) is 9.47 Å². The molecule has 0 aliphatic carbocycles. The predicted molar refractivity (Wildman–Crippen MR) is 201 cm³/mol. The first-order chi connectivity index (χ1) is 22.9. The summed E-state index contributed by atoms with van der Waals surface area (Å²) in [6.45, 7) is 22.0. The normalized spacial score (nSPS) is 39.4. The van der Waals surface area contributed by atoms with Crippen LogP contribution in [0.1, 0.15) is 184 Å². The van der Waals surface area contributed by atoms with Gasteiger partial charge in [-0.3, -0.25) is 4.79 Å². The largest absolute Gasteiger partial charge is 0.461 e. The lowest BCUT2D eigenvalue weighted by Crippen LogP contribution is -2.45. The smallest absolute Gasteiger partial charge is 0.329 e. The fraction of sp³-hybridized carbons (Fsp3) is 0.953. The summed E-state index contributed by atoms with van der Waals surface area (Å²) >= 11 is 0. The lowest BCUT2D eigenvalue weighted by atomic mass is 9.80. The van der Waals surface area contributed by atoms with E-state index in [1.54, 1.807) is 0 Å². The molecule has 0 N–H and O–H groups in total. The number of hydrogen-bond donors (Lipinski definition) is 0. The molecule has 0 aromatic carbocycles. The summed E-state index contributed by atoms with van der Waals surface area (Å²) in [7, 11) is 0. The van der Waals surface area contributed by atoms with Crippen molar-refractivity contribution in [1.82, 2.24) is 4.90 Å². The van der Waals surface area contributed by atoms with Crippen molar-refractivity contribution in [2.45, 2.75) is 209 Å². The van der Waals surface area contributed by atoms with E-state index in [9.17, 15) is 9.59 Å². The molecule has 3 fully saturated rings. The SMILES string of the molecule is CC[C@@H](C)[C@@H]1CC[C@H](C)CC(C)[C@H](C)CC[C@H](C)C[C@H](C)CCCCCC(C)CC[C@@H]2CC[C@@H](C)C(CC(=O)N3CCCC3C(=O)O1)O2. The maximum atomic E-state index is 13.7. The van der Waals surface area contributed by atoms with Crippen LogP contribution in [-0.4, -0.2) is 47.7 Å². The number of rotatable bonds is 2. The molecule has 0 aromatic heterocycles. The highest BCUT2D eigenvalue weighted by Crippen LogP contribution is 2.34. The Labute approximate surface area is 297 Å². The fourth-order valence-electron chi connectivity index (χ4n) is 9.06. The average Bonchev–Trinajstić information content (AvgIpc) is 3.55. The first-order valence-electron chi connectivity index (χ1n) is 21.0. The van der Waals surface area contributed by atoms with Gasteiger partial charge in [0, 0.05) is 6.54 Å². The van der Waals surface area contributed by atoms with Crippen molar-refractivity contribution in [1.29, 1.82) is 0 Å². The Morgan fingerprint density at radius 3 is 1.98 bits per heavy atom. The first-order valence-corrected chi connectivity index (χ1v) is 21.0. The number of esters is 1. The van der Waals surface area contributed by atoms with Crippen molar-refractivity contribution in [2.24, 2.45) is 47.3 Å². The molecule has 5 heteroatoms. The maximum Gasteiger partial charge on any atom is 0.329 e. The molecule has 280 valence electrons. The molecule has 4 unspecified atom stereocenters. The summed E-state index contributed by atoms with van der Waals surface area (Å²) in [4.78, 5) is 29.2. The second kappa shape index (κ2) is 21.3. The van der Waals surface area contributed by atoms with Gasteiger partial charge >= 0.3 is 5.97 Å². The lowest BCUT2D eigenvalue weighted by molar-refractivity contribution is -0.162. The molecule has 0 spiro atoms. The van der Waals surface area contributed by atoms with Crippen LogP contribution in [0.2, 0.25) is 0 Å². The molecule has 3 aliphatic heterocycles. The number of amides is 1. The Balaban J connectivity index is 1.67. The molecule has 0 aromatic rings. The van der Waals surface area contributed by atoms with Crippen LogP contribution in [-0.2, 0) is 19.1 Å². The van der Waals surface area contributed by atoms with Gasteiger partial charge in [-0.2, -0.15) is 0 Å². The number of cyclic esters (lactones) is 1. The molecule has 5 nitrogen and oxygen atoms in total. The van der Waals surface area contributed by atoms with Crippen LogP contribution in [0.4, 0.5) is 0 Å². The number of fused-ring (bicyclic) bond motifs is 3. The van der Waals surface area contributed by atoms with Crippen molar-refractivity contribution in [2.75, 3.05) is 6.54 Å². The van der Waals surface area contributed by atoms with Gasteiger partial charge in [0.25, 0.3) is 0 Å². The molecule has 3 aliphatic rings. The molecule has 48 heavy (non-hydrogen) atoms. The molecule has 0 saturated carbocycles. The van der Waals surface area contributed by atoms with Crippen LogP contribution < -0.4 is 0 Å². The molecular formula is C43H79NO4. The van der Waals surface area contributed by atoms with Crippen LogP contribution >= 0.6 is 0 Å². The van der Waals surface area contributed by atoms with Crippen molar-refractivity contribution < 1.29 is 19.1 Å². The van der Waals surface area contributed by atoms with Gasteiger partial charge in [0.1, 0.15) is 12.1 Å². The zero-order chi connectivity index (χ0) is 35.2. The minimum Gasteiger partial charge on any atom is -0.461 e. The Morgan fingerprint density at radius 2 is 1.25 bits per heavy atom. The Hall–Kier alpha value is -1.10. The van der Waals surface area contributed by atoms with Gasteiger partial charge in [0.15, 0.2) is 0 Å². The predicted octanol–water partition coefficient (Wildman–Crippen LogP) is 11.4. The highest BCUT2D eigenvalue weighted by molar-refractivity contribution is 5.85. The van der Waals surface area contributed by atoms with Crippen LogP contribution in [0.3, 0.4) is 0 Å². The maximum absolute atomic E-state index is 13.7. The van der Waals surface area contributed by atoms with Gasteiger partial charge in [0.2, 0.25) is 5.91 Å². The van der Waals surface area contributed by atoms with E-state index in [1.807, 2.05) is 4.90 Å². The Morgan fingerprint density at radius 1 is 0.646 bits per heavy atom. The molecule has 3 saturated heterocycles. The zero-order valence-electron chi connectivity index (χ0n) is 33.2.